The van der Waals surface area contributed by atoms with Crippen LogP contribution in [0.2, 0.25) is 0 Å². The van der Waals surface area contributed by atoms with Crippen molar-refractivity contribution in [1.82, 2.24) is 26.2 Å². The van der Waals surface area contributed by atoms with Crippen molar-refractivity contribution in [3.05, 3.63) is 12.2 Å². The Bertz CT molecular complexity index is 1360. The normalized spacial score (nSPS) is 23.0. The molecule has 6 amide bonds. The lowest BCUT2D eigenvalue weighted by Crippen LogP contribution is -2.62. The van der Waals surface area contributed by atoms with Crippen molar-refractivity contribution in [3.63, 3.8) is 0 Å². The maximum Gasteiger partial charge on any atom is 0.253 e. The molecule has 2 unspecified atom stereocenters. The minimum Gasteiger partial charge on any atom is -0.394 e. The maximum absolute atomic E-state index is 13.0. The van der Waals surface area contributed by atoms with Gasteiger partial charge in [-0.25, -0.2) is 0 Å². The van der Waals surface area contributed by atoms with E-state index in [2.05, 4.69) is 28.2 Å². The number of rotatable bonds is 30. The summed E-state index contributed by atoms with van der Waals surface area (Å²) in [5.74, 6) is -2.50. The highest BCUT2D eigenvalue weighted by Gasteiger charge is 2.43. The number of carbonyl (C=O) groups is 6. The molecule has 1 saturated heterocycles. The van der Waals surface area contributed by atoms with Crippen LogP contribution in [0.3, 0.4) is 0 Å². The summed E-state index contributed by atoms with van der Waals surface area (Å²) in [6, 6.07) is -1.64. The molecule has 1 saturated carbocycles. The van der Waals surface area contributed by atoms with E-state index in [-0.39, 0.29) is 69.4 Å². The molecular weight excluding hydrogens is 784 g/mol. The Labute approximate surface area is 353 Å². The van der Waals surface area contributed by atoms with Crippen LogP contribution in [0.4, 0.5) is 0 Å². The molecule has 0 spiro atoms. The van der Waals surface area contributed by atoms with Crippen LogP contribution in [0.25, 0.3) is 0 Å². The minimum absolute atomic E-state index is 0.00495. The molecule has 2 aliphatic heterocycles. The Morgan fingerprint density at radius 3 is 2.08 bits per heavy atom. The summed E-state index contributed by atoms with van der Waals surface area (Å²) in [4.78, 5) is 74.8. The molecule has 2 heterocycles. The molecule has 0 bridgehead atoms. The van der Waals surface area contributed by atoms with E-state index in [1.54, 1.807) is 0 Å². The number of aliphatic hydroxyl groups is 3. The highest BCUT2D eigenvalue weighted by molar-refractivity contribution is 6.13. The largest absolute Gasteiger partial charge is 0.394 e. The van der Waals surface area contributed by atoms with Crippen LogP contribution < -0.4 is 27.0 Å². The molecular formula is C41H70N6O13. The van der Waals surface area contributed by atoms with Gasteiger partial charge in [0.15, 0.2) is 12.1 Å². The third-order valence-electron chi connectivity index (χ3n) is 10.8. The van der Waals surface area contributed by atoms with Crippen LogP contribution >= 0.6 is 0 Å². The summed E-state index contributed by atoms with van der Waals surface area (Å²) in [5, 5.41) is 40.8. The number of hydrogen-bond acceptors (Lipinski definition) is 14. The average molecular weight is 855 g/mol. The first-order chi connectivity index (χ1) is 28.9. The van der Waals surface area contributed by atoms with Crippen molar-refractivity contribution in [3.8, 4) is 0 Å². The fourth-order valence-corrected chi connectivity index (χ4v) is 7.21. The van der Waals surface area contributed by atoms with Gasteiger partial charge < -0.3 is 61.3 Å². The molecule has 6 atom stereocenters. The predicted octanol–water partition coefficient (Wildman–Crippen LogP) is -0.0776. The van der Waals surface area contributed by atoms with Gasteiger partial charge in [0.2, 0.25) is 23.6 Å². The van der Waals surface area contributed by atoms with Gasteiger partial charge in [-0.2, -0.15) is 0 Å². The smallest absolute Gasteiger partial charge is 0.253 e. The van der Waals surface area contributed by atoms with E-state index in [1.165, 1.54) is 12.2 Å². The number of nitrogens with two attached hydrogens (primary N) is 1. The second-order valence-electron chi connectivity index (χ2n) is 15.6. The second kappa shape index (κ2) is 28.1. The lowest BCUT2D eigenvalue weighted by Gasteiger charge is -2.40. The first-order valence-corrected chi connectivity index (χ1v) is 21.8. The van der Waals surface area contributed by atoms with E-state index in [0.717, 1.165) is 49.8 Å². The predicted molar refractivity (Wildman–Crippen MR) is 217 cm³/mol. The van der Waals surface area contributed by atoms with E-state index in [4.69, 9.17) is 24.7 Å². The van der Waals surface area contributed by atoms with E-state index < -0.39 is 60.9 Å². The molecule has 0 aromatic carbocycles. The van der Waals surface area contributed by atoms with E-state index >= 15 is 0 Å². The molecule has 0 radical (unpaired) electrons. The number of imide groups is 1. The minimum atomic E-state index is -1.32. The van der Waals surface area contributed by atoms with Crippen LogP contribution in [0.5, 0.6) is 0 Å². The summed E-state index contributed by atoms with van der Waals surface area (Å²) in [5.41, 5.74) is 5.89. The Morgan fingerprint density at radius 2 is 1.43 bits per heavy atom. The summed E-state index contributed by atoms with van der Waals surface area (Å²) < 4.78 is 23.3. The van der Waals surface area contributed by atoms with Gasteiger partial charge in [-0.05, 0) is 44.9 Å². The van der Waals surface area contributed by atoms with E-state index in [0.29, 0.717) is 64.5 Å². The van der Waals surface area contributed by atoms with Crippen molar-refractivity contribution in [2.45, 2.75) is 159 Å². The van der Waals surface area contributed by atoms with E-state index in [1.807, 2.05) is 0 Å². The second-order valence-corrected chi connectivity index (χ2v) is 15.6. The van der Waals surface area contributed by atoms with Gasteiger partial charge in [0, 0.05) is 77.0 Å². The van der Waals surface area contributed by atoms with Gasteiger partial charge in [-0.1, -0.05) is 39.0 Å². The summed E-state index contributed by atoms with van der Waals surface area (Å²) in [6.45, 7) is 3.27. The number of ether oxygens (including phenoxy) is 4. The van der Waals surface area contributed by atoms with Gasteiger partial charge in [0.05, 0.1) is 25.9 Å². The zero-order valence-electron chi connectivity index (χ0n) is 35.2. The lowest BCUT2D eigenvalue weighted by atomic mass is 9.94. The molecule has 1 aliphatic carbocycles. The number of nitrogens with one attached hydrogen (secondary N) is 4. The maximum atomic E-state index is 13.0. The van der Waals surface area contributed by atoms with Gasteiger partial charge in [0.1, 0.15) is 24.4 Å². The van der Waals surface area contributed by atoms with Crippen molar-refractivity contribution in [2.24, 2.45) is 5.73 Å². The van der Waals surface area contributed by atoms with Crippen LogP contribution in [0.1, 0.15) is 116 Å². The zero-order valence-corrected chi connectivity index (χ0v) is 35.2. The van der Waals surface area contributed by atoms with Crippen molar-refractivity contribution in [2.75, 3.05) is 52.6 Å². The molecule has 2 fully saturated rings. The Hall–Kier alpha value is -3.56. The third-order valence-corrected chi connectivity index (χ3v) is 10.8. The molecule has 342 valence electrons. The van der Waals surface area contributed by atoms with Gasteiger partial charge in [-0.3, -0.25) is 33.7 Å². The summed E-state index contributed by atoms with van der Waals surface area (Å²) >= 11 is 0. The highest BCUT2D eigenvalue weighted by Crippen LogP contribution is 2.32. The van der Waals surface area contributed by atoms with Crippen LogP contribution in [-0.2, 0) is 47.7 Å². The molecule has 19 nitrogen and oxygen atoms in total. The zero-order chi connectivity index (χ0) is 43.8. The summed E-state index contributed by atoms with van der Waals surface area (Å²) in [6.07, 6.45) is 8.87. The quantitative estimate of drug-likeness (QED) is 0.0267. The Morgan fingerprint density at radius 1 is 0.800 bits per heavy atom. The molecule has 0 aromatic heterocycles. The van der Waals surface area contributed by atoms with Crippen LogP contribution in [-0.4, -0.2) is 151 Å². The third kappa shape index (κ3) is 18.2. The molecule has 19 heteroatoms. The van der Waals surface area contributed by atoms with Crippen molar-refractivity contribution < 1.29 is 63.0 Å². The lowest BCUT2D eigenvalue weighted by molar-refractivity contribution is -0.265. The standard InChI is InChI=1S/C41H70N6O13/c1-2-3-6-13-29(46-33(51)15-8-12-25-57-40-36(42)38(55)37(54)30(28-48)60-40)39(56)45-21-11-4-7-14-31(49)43-22-26-58-41(19-9-5-10-20-41)59-27-23-44-32(50)18-24-47-34(52)16-17-35(47)53/h16-17,29-30,36-38,40,48,54-55H,2-15,18-28,42H2,1H3,(H,43,49)(H,44,50)(H,45,56)(H,46,51)/t29-,30?,36-,37-,38+,40?/m0/s1. The molecule has 9 N–H and O–H groups in total. The van der Waals surface area contributed by atoms with Crippen molar-refractivity contribution in [1.29, 1.82) is 0 Å². The fourth-order valence-electron chi connectivity index (χ4n) is 7.21. The first-order valence-electron chi connectivity index (χ1n) is 21.8. The van der Waals surface area contributed by atoms with E-state index in [9.17, 15) is 44.1 Å². The van der Waals surface area contributed by atoms with Gasteiger partial charge >= 0.3 is 0 Å². The number of hydrogen-bond donors (Lipinski definition) is 8. The molecule has 0 aromatic rings. The number of unbranched alkanes of at least 4 members (excludes halogenated alkanes) is 5. The molecule has 3 aliphatic rings. The SMILES string of the molecule is CCCCC[C@H](NC(=O)CCCCOC1OC(CO)[C@H](O)[C@H](O)[C@@H]1N)C(=O)NCCCCCC(=O)NCCOC1(OCCNC(=O)CCN2C(=O)C=CC2=O)CCCCC1. The Kier molecular flexibility index (Phi) is 23.8. The highest BCUT2D eigenvalue weighted by atomic mass is 16.7. The number of amides is 6. The number of nitrogens with zero attached hydrogens (tertiary/aromatic N) is 1. The van der Waals surface area contributed by atoms with Gasteiger partial charge in [-0.15, -0.1) is 0 Å². The van der Waals surface area contributed by atoms with Gasteiger partial charge in [0.25, 0.3) is 11.8 Å². The van der Waals surface area contributed by atoms with Crippen LogP contribution in [0, 0.1) is 0 Å². The monoisotopic (exact) mass is 855 g/mol. The number of carbonyl (C=O) groups excluding carboxylic acids is 6. The first kappa shape index (κ1) is 50.8. The average Bonchev–Trinajstić information content (AvgIpc) is 3.56. The fraction of sp³-hybridized carbons (Fsp3) is 0.805. The van der Waals surface area contributed by atoms with Crippen LogP contribution in [0.15, 0.2) is 12.2 Å². The Balaban J connectivity index is 1.24. The topological polar surface area (TPSA) is 277 Å². The molecule has 60 heavy (non-hydrogen) atoms. The summed E-state index contributed by atoms with van der Waals surface area (Å²) in [7, 11) is 0. The molecule has 3 rings (SSSR count). The number of aliphatic hydroxyl groups excluding tert-OH is 3. The van der Waals surface area contributed by atoms with Crippen molar-refractivity contribution >= 4 is 35.4 Å².